The Labute approximate surface area is 82.7 Å². The number of aliphatic hydroxyl groups excluding tert-OH is 1. The number of aliphatic hydroxyl groups is 1. The molecule has 1 atom stereocenters. The first-order valence-electron chi connectivity index (χ1n) is 5.57. The normalized spacial score (nSPS) is 13.6. The molecular weight excluding hydrogens is 162 g/mol. The molecule has 0 rings (SSSR count). The van der Waals surface area contributed by atoms with Crippen LogP contribution in [-0.2, 0) is 0 Å². The average Bonchev–Trinajstić information content (AvgIpc) is 2.09. The van der Waals surface area contributed by atoms with Gasteiger partial charge in [0.05, 0.1) is 6.61 Å². The lowest BCUT2D eigenvalue weighted by Crippen LogP contribution is -2.37. The van der Waals surface area contributed by atoms with E-state index in [4.69, 9.17) is 5.11 Å². The van der Waals surface area contributed by atoms with Crippen molar-refractivity contribution in [1.82, 2.24) is 5.32 Å². The van der Waals surface area contributed by atoms with Crippen LogP contribution in [0.15, 0.2) is 0 Å². The maximum Gasteiger partial charge on any atom is 0.0584 e. The molecule has 0 spiro atoms. The monoisotopic (exact) mass is 187 g/mol. The van der Waals surface area contributed by atoms with Crippen molar-refractivity contribution in [3.8, 4) is 0 Å². The molecule has 0 radical (unpaired) electrons. The van der Waals surface area contributed by atoms with Crippen LogP contribution in [-0.4, -0.2) is 23.8 Å². The quantitative estimate of drug-likeness (QED) is 0.572. The molecule has 0 aromatic carbocycles. The zero-order valence-electron chi connectivity index (χ0n) is 9.34. The van der Waals surface area contributed by atoms with E-state index in [1.807, 2.05) is 0 Å². The van der Waals surface area contributed by atoms with Gasteiger partial charge in [-0.15, -0.1) is 0 Å². The number of hydrogen-bond donors (Lipinski definition) is 2. The van der Waals surface area contributed by atoms with Crippen molar-refractivity contribution in [2.75, 3.05) is 6.61 Å². The summed E-state index contributed by atoms with van der Waals surface area (Å²) >= 11 is 0. The van der Waals surface area contributed by atoms with Crippen molar-refractivity contribution >= 4 is 0 Å². The van der Waals surface area contributed by atoms with Gasteiger partial charge >= 0.3 is 0 Å². The van der Waals surface area contributed by atoms with Gasteiger partial charge in [0, 0.05) is 12.1 Å². The molecule has 0 heterocycles. The Morgan fingerprint density at radius 1 is 1.15 bits per heavy atom. The van der Waals surface area contributed by atoms with Gasteiger partial charge in [0.25, 0.3) is 0 Å². The largest absolute Gasteiger partial charge is 0.395 e. The molecule has 0 aliphatic heterocycles. The molecule has 0 fully saturated rings. The van der Waals surface area contributed by atoms with E-state index in [-0.39, 0.29) is 6.61 Å². The summed E-state index contributed by atoms with van der Waals surface area (Å²) in [5.74, 6) is 0. The van der Waals surface area contributed by atoms with Gasteiger partial charge in [-0.05, 0) is 6.42 Å². The third kappa shape index (κ3) is 8.26. The van der Waals surface area contributed by atoms with Crippen LogP contribution >= 0.6 is 0 Å². The highest BCUT2D eigenvalue weighted by Gasteiger charge is 2.07. The Balaban J connectivity index is 3.36. The minimum absolute atomic E-state index is 0.268. The van der Waals surface area contributed by atoms with Gasteiger partial charge in [-0.2, -0.15) is 0 Å². The predicted octanol–water partition coefficient (Wildman–Crippen LogP) is 2.32. The number of hydrogen-bond acceptors (Lipinski definition) is 2. The second kappa shape index (κ2) is 8.52. The predicted molar refractivity (Wildman–Crippen MR) is 57.9 cm³/mol. The van der Waals surface area contributed by atoms with Gasteiger partial charge in [0.15, 0.2) is 0 Å². The SMILES string of the molecule is CCCCCCC(CO)NC(C)C. The van der Waals surface area contributed by atoms with E-state index in [9.17, 15) is 0 Å². The van der Waals surface area contributed by atoms with Gasteiger partial charge in [-0.25, -0.2) is 0 Å². The van der Waals surface area contributed by atoms with Gasteiger partial charge in [0.2, 0.25) is 0 Å². The van der Waals surface area contributed by atoms with Gasteiger partial charge in [-0.3, -0.25) is 0 Å². The van der Waals surface area contributed by atoms with E-state index in [0.29, 0.717) is 12.1 Å². The fourth-order valence-electron chi connectivity index (χ4n) is 1.52. The van der Waals surface area contributed by atoms with Gasteiger partial charge in [-0.1, -0.05) is 46.5 Å². The van der Waals surface area contributed by atoms with Crippen molar-refractivity contribution in [3.63, 3.8) is 0 Å². The molecule has 1 unspecified atom stereocenters. The first-order valence-corrected chi connectivity index (χ1v) is 5.57. The summed E-state index contributed by atoms with van der Waals surface area (Å²) in [6.45, 7) is 6.73. The summed E-state index contributed by atoms with van der Waals surface area (Å²) in [5, 5.41) is 12.4. The average molecular weight is 187 g/mol. The minimum atomic E-state index is 0.268. The fraction of sp³-hybridized carbons (Fsp3) is 1.00. The summed E-state index contributed by atoms with van der Waals surface area (Å²) in [5.41, 5.74) is 0. The molecule has 2 N–H and O–H groups in total. The molecule has 0 aromatic heterocycles. The van der Waals surface area contributed by atoms with Crippen molar-refractivity contribution < 1.29 is 5.11 Å². The first-order chi connectivity index (χ1) is 6.20. The number of unbranched alkanes of at least 4 members (excludes halogenated alkanes) is 3. The first kappa shape index (κ1) is 12.9. The third-order valence-electron chi connectivity index (χ3n) is 2.20. The van der Waals surface area contributed by atoms with E-state index in [0.717, 1.165) is 6.42 Å². The second-order valence-corrected chi connectivity index (χ2v) is 4.05. The summed E-state index contributed by atoms with van der Waals surface area (Å²) in [4.78, 5) is 0. The summed E-state index contributed by atoms with van der Waals surface area (Å²) in [7, 11) is 0. The summed E-state index contributed by atoms with van der Waals surface area (Å²) < 4.78 is 0. The molecule has 0 aliphatic carbocycles. The molecule has 0 aliphatic rings. The van der Waals surface area contributed by atoms with E-state index in [1.165, 1.54) is 25.7 Å². The van der Waals surface area contributed by atoms with Crippen LogP contribution in [0.5, 0.6) is 0 Å². The molecule has 0 saturated carbocycles. The molecule has 80 valence electrons. The molecule has 0 bridgehead atoms. The lowest BCUT2D eigenvalue weighted by molar-refractivity contribution is 0.225. The summed E-state index contributed by atoms with van der Waals surface area (Å²) in [6, 6.07) is 0.778. The lowest BCUT2D eigenvalue weighted by atomic mass is 10.1. The molecule has 0 amide bonds. The van der Waals surface area contributed by atoms with Crippen LogP contribution in [0.2, 0.25) is 0 Å². The van der Waals surface area contributed by atoms with Crippen molar-refractivity contribution in [1.29, 1.82) is 0 Å². The van der Waals surface area contributed by atoms with Gasteiger partial charge < -0.3 is 10.4 Å². The van der Waals surface area contributed by atoms with Crippen LogP contribution in [0.1, 0.15) is 52.9 Å². The molecule has 0 aromatic rings. The van der Waals surface area contributed by atoms with E-state index < -0.39 is 0 Å². The van der Waals surface area contributed by atoms with Crippen molar-refractivity contribution in [2.24, 2.45) is 0 Å². The van der Waals surface area contributed by atoms with E-state index >= 15 is 0 Å². The molecule has 2 heteroatoms. The number of nitrogens with one attached hydrogen (secondary N) is 1. The molecule has 2 nitrogen and oxygen atoms in total. The summed E-state index contributed by atoms with van der Waals surface area (Å²) in [6.07, 6.45) is 6.24. The number of rotatable bonds is 8. The Morgan fingerprint density at radius 2 is 1.85 bits per heavy atom. The highest BCUT2D eigenvalue weighted by molar-refractivity contribution is 4.67. The lowest BCUT2D eigenvalue weighted by Gasteiger charge is -2.18. The van der Waals surface area contributed by atoms with Crippen LogP contribution in [0.25, 0.3) is 0 Å². The minimum Gasteiger partial charge on any atom is -0.395 e. The maximum atomic E-state index is 9.07. The Kier molecular flexibility index (Phi) is 8.46. The molecule has 0 saturated heterocycles. The van der Waals surface area contributed by atoms with Gasteiger partial charge in [0.1, 0.15) is 0 Å². The van der Waals surface area contributed by atoms with E-state index in [2.05, 4.69) is 26.1 Å². The van der Waals surface area contributed by atoms with E-state index in [1.54, 1.807) is 0 Å². The molecule has 13 heavy (non-hydrogen) atoms. The van der Waals surface area contributed by atoms with Crippen LogP contribution in [0.4, 0.5) is 0 Å². The van der Waals surface area contributed by atoms with Crippen molar-refractivity contribution in [2.45, 2.75) is 65.0 Å². The Hall–Kier alpha value is -0.0800. The standard InChI is InChI=1S/C11H25NO/c1-4-5-6-7-8-11(9-13)12-10(2)3/h10-13H,4-9H2,1-3H3. The highest BCUT2D eigenvalue weighted by Crippen LogP contribution is 2.05. The van der Waals surface area contributed by atoms with Crippen LogP contribution < -0.4 is 5.32 Å². The van der Waals surface area contributed by atoms with Crippen molar-refractivity contribution in [3.05, 3.63) is 0 Å². The second-order valence-electron chi connectivity index (χ2n) is 4.05. The Morgan fingerprint density at radius 3 is 2.31 bits per heavy atom. The topological polar surface area (TPSA) is 32.3 Å². The fourth-order valence-corrected chi connectivity index (χ4v) is 1.52. The maximum absolute atomic E-state index is 9.07. The molecular formula is C11H25NO. The third-order valence-corrected chi connectivity index (χ3v) is 2.20. The van der Waals surface area contributed by atoms with Crippen LogP contribution in [0.3, 0.4) is 0 Å². The smallest absolute Gasteiger partial charge is 0.0584 e. The van der Waals surface area contributed by atoms with Crippen LogP contribution in [0, 0.1) is 0 Å². The highest BCUT2D eigenvalue weighted by atomic mass is 16.3. The zero-order valence-corrected chi connectivity index (χ0v) is 9.34. The zero-order chi connectivity index (χ0) is 10.1. The Bertz CT molecular complexity index is 104.